The van der Waals surface area contributed by atoms with E-state index >= 15 is 0 Å². The van der Waals surface area contributed by atoms with Gasteiger partial charge in [-0.1, -0.05) is 38.0 Å². The van der Waals surface area contributed by atoms with Crippen LogP contribution in [0.2, 0.25) is 0 Å². The molecule has 0 aromatic heterocycles. The van der Waals surface area contributed by atoms with Crippen LogP contribution in [0.5, 0.6) is 0 Å². The number of carbonyl (C=O) groups excluding carboxylic acids is 1. The van der Waals surface area contributed by atoms with Gasteiger partial charge in [-0.2, -0.15) is 0 Å². The largest absolute Gasteiger partial charge is 0.298 e. The number of aldehydes is 1. The molecule has 0 aromatic carbocycles. The number of hydrogen-bond acceptors (Lipinski definition) is 1. The minimum Gasteiger partial charge on any atom is -0.298 e. The smallest absolute Gasteiger partial charge is 0.145 e. The fourth-order valence-electron chi connectivity index (χ4n) is 0.677. The van der Waals surface area contributed by atoms with E-state index in [1.807, 2.05) is 12.2 Å². The molecule has 1 nitrogen and oxygen atoms in total. The van der Waals surface area contributed by atoms with Crippen LogP contribution in [0.1, 0.15) is 33.1 Å². The van der Waals surface area contributed by atoms with Gasteiger partial charge in [-0.15, -0.1) is 0 Å². The molecule has 0 rings (SSSR count). The van der Waals surface area contributed by atoms with Gasteiger partial charge in [0.15, 0.2) is 0 Å². The lowest BCUT2D eigenvalue weighted by molar-refractivity contribution is -0.104. The number of carbonyl (C=O) groups is 1. The maximum atomic E-state index is 10.1. The van der Waals surface area contributed by atoms with Crippen LogP contribution in [-0.2, 0) is 4.79 Å². The SMILES string of the molecule is CCCC/C=C/C=C(/C)C=O. The van der Waals surface area contributed by atoms with Gasteiger partial charge < -0.3 is 0 Å². The van der Waals surface area contributed by atoms with E-state index in [4.69, 9.17) is 0 Å². The lowest BCUT2D eigenvalue weighted by Gasteiger charge is -1.86. The number of rotatable bonds is 5. The van der Waals surface area contributed by atoms with Crippen LogP contribution in [0.4, 0.5) is 0 Å². The first kappa shape index (κ1) is 10.2. The molecular formula is C10H16O. The summed E-state index contributed by atoms with van der Waals surface area (Å²) >= 11 is 0. The zero-order chi connectivity index (χ0) is 8.53. The van der Waals surface area contributed by atoms with E-state index in [1.165, 1.54) is 12.8 Å². The van der Waals surface area contributed by atoms with Crippen molar-refractivity contribution in [3.63, 3.8) is 0 Å². The molecule has 0 heterocycles. The minimum atomic E-state index is 0.776. The monoisotopic (exact) mass is 152 g/mol. The van der Waals surface area contributed by atoms with E-state index in [9.17, 15) is 4.79 Å². The Kier molecular flexibility index (Phi) is 6.70. The molecule has 62 valence electrons. The minimum absolute atomic E-state index is 0.776. The van der Waals surface area contributed by atoms with Crippen LogP contribution in [0.15, 0.2) is 23.8 Å². The van der Waals surface area contributed by atoms with Gasteiger partial charge in [0.05, 0.1) is 0 Å². The second-order valence-electron chi connectivity index (χ2n) is 2.60. The third-order valence-corrected chi connectivity index (χ3v) is 1.41. The molecule has 0 fully saturated rings. The van der Waals surface area contributed by atoms with E-state index in [-0.39, 0.29) is 0 Å². The van der Waals surface area contributed by atoms with E-state index in [1.54, 1.807) is 6.92 Å². The topological polar surface area (TPSA) is 17.1 Å². The molecule has 11 heavy (non-hydrogen) atoms. The van der Waals surface area contributed by atoms with E-state index in [0.717, 1.165) is 18.3 Å². The highest BCUT2D eigenvalue weighted by atomic mass is 16.1. The Balaban J connectivity index is 3.50. The van der Waals surface area contributed by atoms with Crippen LogP contribution < -0.4 is 0 Å². The first-order valence-electron chi connectivity index (χ1n) is 4.10. The Morgan fingerprint density at radius 3 is 2.73 bits per heavy atom. The van der Waals surface area contributed by atoms with Crippen molar-refractivity contribution in [2.75, 3.05) is 0 Å². The summed E-state index contributed by atoms with van der Waals surface area (Å²) in [5.74, 6) is 0. The first-order chi connectivity index (χ1) is 5.31. The maximum Gasteiger partial charge on any atom is 0.145 e. The van der Waals surface area contributed by atoms with Crippen molar-refractivity contribution < 1.29 is 4.79 Å². The van der Waals surface area contributed by atoms with Gasteiger partial charge in [0.1, 0.15) is 6.29 Å². The zero-order valence-electron chi connectivity index (χ0n) is 7.34. The molecule has 0 saturated heterocycles. The molecule has 0 aliphatic heterocycles. The predicted octanol–water partition coefficient (Wildman–Crippen LogP) is 2.88. The first-order valence-corrected chi connectivity index (χ1v) is 4.10. The molecule has 0 spiro atoms. The van der Waals surface area contributed by atoms with Gasteiger partial charge in [0.25, 0.3) is 0 Å². The Labute approximate surface area is 68.8 Å². The summed E-state index contributed by atoms with van der Waals surface area (Å²) in [5.41, 5.74) is 0.776. The summed E-state index contributed by atoms with van der Waals surface area (Å²) in [5, 5.41) is 0. The molecule has 0 saturated carbocycles. The second-order valence-corrected chi connectivity index (χ2v) is 2.60. The highest BCUT2D eigenvalue weighted by Gasteiger charge is 1.79. The molecule has 0 aliphatic rings. The Morgan fingerprint density at radius 2 is 2.18 bits per heavy atom. The van der Waals surface area contributed by atoms with Crippen molar-refractivity contribution in [2.24, 2.45) is 0 Å². The molecule has 0 bridgehead atoms. The maximum absolute atomic E-state index is 10.1. The molecular weight excluding hydrogens is 136 g/mol. The molecule has 0 amide bonds. The number of unbranched alkanes of at least 4 members (excludes halogenated alkanes) is 2. The zero-order valence-corrected chi connectivity index (χ0v) is 7.34. The molecule has 1 heteroatoms. The van der Waals surface area contributed by atoms with Crippen LogP contribution >= 0.6 is 0 Å². The van der Waals surface area contributed by atoms with Crippen LogP contribution in [0, 0.1) is 0 Å². The van der Waals surface area contributed by atoms with Gasteiger partial charge in [-0.25, -0.2) is 0 Å². The molecule has 0 aliphatic carbocycles. The lowest BCUT2D eigenvalue weighted by Crippen LogP contribution is -1.72. The summed E-state index contributed by atoms with van der Waals surface area (Å²) in [7, 11) is 0. The summed E-state index contributed by atoms with van der Waals surface area (Å²) in [4.78, 5) is 10.1. The summed E-state index contributed by atoms with van der Waals surface area (Å²) in [6.07, 6.45) is 10.3. The van der Waals surface area contributed by atoms with Gasteiger partial charge in [-0.05, 0) is 18.9 Å². The van der Waals surface area contributed by atoms with E-state index < -0.39 is 0 Å². The number of allylic oxidation sites excluding steroid dienone is 4. The van der Waals surface area contributed by atoms with Crippen molar-refractivity contribution in [2.45, 2.75) is 33.1 Å². The van der Waals surface area contributed by atoms with Crippen LogP contribution in [0.25, 0.3) is 0 Å². The fraction of sp³-hybridized carbons (Fsp3) is 0.500. The third-order valence-electron chi connectivity index (χ3n) is 1.41. The van der Waals surface area contributed by atoms with Crippen molar-refractivity contribution in [1.29, 1.82) is 0 Å². The molecule has 0 aromatic rings. The Bertz CT molecular complexity index is 154. The van der Waals surface area contributed by atoms with Crippen LogP contribution in [0.3, 0.4) is 0 Å². The van der Waals surface area contributed by atoms with Crippen molar-refractivity contribution >= 4 is 6.29 Å². The molecule has 0 radical (unpaired) electrons. The van der Waals surface area contributed by atoms with E-state index in [2.05, 4.69) is 13.0 Å². The van der Waals surface area contributed by atoms with Crippen molar-refractivity contribution in [3.8, 4) is 0 Å². The average molecular weight is 152 g/mol. The van der Waals surface area contributed by atoms with Crippen molar-refractivity contribution in [1.82, 2.24) is 0 Å². The highest BCUT2D eigenvalue weighted by molar-refractivity contribution is 5.72. The Morgan fingerprint density at radius 1 is 1.45 bits per heavy atom. The lowest BCUT2D eigenvalue weighted by atomic mass is 10.2. The van der Waals surface area contributed by atoms with Crippen molar-refractivity contribution in [3.05, 3.63) is 23.8 Å². The average Bonchev–Trinajstić information content (AvgIpc) is 2.04. The third kappa shape index (κ3) is 7.04. The summed E-state index contributed by atoms with van der Waals surface area (Å²) in [6.45, 7) is 3.97. The summed E-state index contributed by atoms with van der Waals surface area (Å²) in [6, 6.07) is 0. The fourth-order valence-corrected chi connectivity index (χ4v) is 0.677. The Hall–Kier alpha value is -0.850. The predicted molar refractivity (Wildman–Crippen MR) is 48.5 cm³/mol. The standard InChI is InChI=1S/C10H16O/c1-3-4-5-6-7-8-10(2)9-11/h6-9H,3-5H2,1-2H3/b7-6+,10-8-. The van der Waals surface area contributed by atoms with E-state index in [0.29, 0.717) is 0 Å². The molecule has 0 N–H and O–H groups in total. The van der Waals surface area contributed by atoms with Gasteiger partial charge in [0, 0.05) is 0 Å². The summed E-state index contributed by atoms with van der Waals surface area (Å²) < 4.78 is 0. The normalized spacial score (nSPS) is 12.4. The number of hydrogen-bond donors (Lipinski definition) is 0. The second kappa shape index (κ2) is 7.26. The van der Waals surface area contributed by atoms with Gasteiger partial charge in [0.2, 0.25) is 0 Å². The van der Waals surface area contributed by atoms with Gasteiger partial charge in [-0.3, -0.25) is 4.79 Å². The van der Waals surface area contributed by atoms with Gasteiger partial charge >= 0.3 is 0 Å². The highest BCUT2D eigenvalue weighted by Crippen LogP contribution is 1.95. The molecule has 0 atom stereocenters. The molecule has 0 unspecified atom stereocenters. The van der Waals surface area contributed by atoms with Crippen LogP contribution in [-0.4, -0.2) is 6.29 Å². The quantitative estimate of drug-likeness (QED) is 0.256.